The van der Waals surface area contributed by atoms with E-state index < -0.39 is 76.4 Å². The molecule has 7 bridgehead atoms. The summed E-state index contributed by atoms with van der Waals surface area (Å²) in [7, 11) is 6.72. The van der Waals surface area contributed by atoms with E-state index in [0.717, 1.165) is 0 Å². The highest BCUT2D eigenvalue weighted by atomic mass is 16.5. The van der Waals surface area contributed by atoms with E-state index in [-0.39, 0.29) is 25.0 Å². The number of hydrogen-bond acceptors (Lipinski definition) is 10. The second-order valence-corrected chi connectivity index (χ2v) is 11.8. The van der Waals surface area contributed by atoms with Crippen molar-refractivity contribution in [2.24, 2.45) is 34.5 Å². The van der Waals surface area contributed by atoms with Crippen LogP contribution in [-0.4, -0.2) is 131 Å². The SMILES string of the molecule is COC[C@]12CN(C)[C@@H]3[C@@H]4[C@H](OC)[C@H]1[C@@]3([C@@H](OC)CC2O)[C@@H]1C[C@]2(O)[C@H](O)[C@@H]1[C@]4(O)[C@@H](O)[C@@H]2O. The molecule has 1 heterocycles. The van der Waals surface area contributed by atoms with Crippen LogP contribution < -0.4 is 0 Å². The summed E-state index contributed by atoms with van der Waals surface area (Å²) in [5.74, 6) is -2.34. The molecule has 5 aliphatic carbocycles. The normalized spacial score (nSPS) is 65.5. The number of hydrogen-bond donors (Lipinski definition) is 6. The predicted octanol–water partition coefficient (Wildman–Crippen LogP) is -2.83. The molecule has 0 radical (unpaired) electrons. The average molecular weight is 472 g/mol. The topological polar surface area (TPSA) is 152 Å². The zero-order valence-electron chi connectivity index (χ0n) is 19.5. The van der Waals surface area contributed by atoms with E-state index in [1.807, 2.05) is 7.05 Å². The second-order valence-electron chi connectivity index (χ2n) is 11.8. The minimum atomic E-state index is -1.94. The van der Waals surface area contributed by atoms with Gasteiger partial charge in [0.1, 0.15) is 23.4 Å². The Kier molecular flexibility index (Phi) is 4.65. The van der Waals surface area contributed by atoms with Gasteiger partial charge in [-0.05, 0) is 19.4 Å². The smallest absolute Gasteiger partial charge is 0.120 e. The molecule has 0 aromatic heterocycles. The molecule has 6 N–H and O–H groups in total. The molecule has 1 saturated heterocycles. The Hall–Kier alpha value is -0.400. The van der Waals surface area contributed by atoms with E-state index in [9.17, 15) is 30.6 Å². The summed E-state index contributed by atoms with van der Waals surface area (Å²) in [6, 6.07) is -0.310. The van der Waals surface area contributed by atoms with Crippen LogP contribution in [0.1, 0.15) is 12.8 Å². The molecule has 1 aliphatic heterocycles. The third-order valence-corrected chi connectivity index (χ3v) is 11.2. The fraction of sp³-hybridized carbons (Fsp3) is 1.00. The molecule has 5 saturated carbocycles. The highest BCUT2D eigenvalue weighted by Crippen LogP contribution is 2.79. The van der Waals surface area contributed by atoms with Crippen LogP contribution in [0.5, 0.6) is 0 Å². The van der Waals surface area contributed by atoms with Crippen molar-refractivity contribution in [3.63, 3.8) is 0 Å². The van der Waals surface area contributed by atoms with Crippen LogP contribution in [0, 0.1) is 34.5 Å². The number of aliphatic hydroxyl groups excluding tert-OH is 4. The fourth-order valence-corrected chi connectivity index (χ4v) is 10.6. The molecule has 0 aromatic rings. The summed E-state index contributed by atoms with van der Waals surface area (Å²) in [6.45, 7) is 0.777. The van der Waals surface area contributed by atoms with Crippen molar-refractivity contribution in [2.45, 2.75) is 66.7 Å². The van der Waals surface area contributed by atoms with Crippen molar-refractivity contribution in [3.05, 3.63) is 0 Å². The van der Waals surface area contributed by atoms with Gasteiger partial charge in [-0.25, -0.2) is 0 Å². The Morgan fingerprint density at radius 2 is 1.64 bits per heavy atom. The highest BCUT2D eigenvalue weighted by Gasteiger charge is 2.90. The summed E-state index contributed by atoms with van der Waals surface area (Å²) >= 11 is 0. The zero-order valence-corrected chi connectivity index (χ0v) is 19.5. The average Bonchev–Trinajstić information content (AvgIpc) is 3.16. The van der Waals surface area contributed by atoms with Gasteiger partial charge in [-0.15, -0.1) is 0 Å². The summed E-state index contributed by atoms with van der Waals surface area (Å²) in [6.07, 6.45) is -6.17. The maximum absolute atomic E-state index is 12.3. The number of fused-ring (bicyclic) bond motifs is 2. The number of rotatable bonds is 4. The maximum Gasteiger partial charge on any atom is 0.120 e. The summed E-state index contributed by atoms with van der Waals surface area (Å²) in [5, 5.41) is 68.8. The summed E-state index contributed by atoms with van der Waals surface area (Å²) < 4.78 is 17.9. The summed E-state index contributed by atoms with van der Waals surface area (Å²) in [5.41, 5.74) is -5.25. The highest BCUT2D eigenvalue weighted by molar-refractivity contribution is 5.39. The first kappa shape index (κ1) is 23.0. The second kappa shape index (κ2) is 6.67. The molecule has 0 aromatic carbocycles. The first-order valence-electron chi connectivity index (χ1n) is 11.9. The van der Waals surface area contributed by atoms with Crippen LogP contribution >= 0.6 is 0 Å². The molecule has 15 atom stereocenters. The van der Waals surface area contributed by atoms with Crippen LogP contribution in [-0.2, 0) is 14.2 Å². The molecule has 0 amide bonds. The molecule has 188 valence electrons. The lowest BCUT2D eigenvalue weighted by atomic mass is 9.42. The fourth-order valence-electron chi connectivity index (χ4n) is 10.6. The van der Waals surface area contributed by atoms with Crippen LogP contribution in [0.2, 0.25) is 0 Å². The summed E-state index contributed by atoms with van der Waals surface area (Å²) in [4.78, 5) is 2.11. The van der Waals surface area contributed by atoms with Gasteiger partial charge in [0, 0.05) is 68.9 Å². The molecular formula is C23H37NO9. The quantitative estimate of drug-likeness (QED) is 0.253. The lowest BCUT2D eigenvalue weighted by molar-refractivity contribution is -0.317. The van der Waals surface area contributed by atoms with Gasteiger partial charge in [-0.2, -0.15) is 0 Å². The molecule has 6 rings (SSSR count). The van der Waals surface area contributed by atoms with E-state index in [4.69, 9.17) is 14.2 Å². The molecule has 33 heavy (non-hydrogen) atoms. The standard InChI is InChI=1S/C23H37NO9/c1-24-7-20(8-31-2)10(25)5-11(32-3)22-9-6-21(29)17(26)12(9)23(30,19(28)18(21)27)13(16(22)24)14(33-4)15(20)22/h9-19,25-30H,5-8H2,1-4H3/t9-,10?,11+,12-,13+,14+,15-,16-,17-,18+,19+,20+,21+,22+,23-/m1/s1. The van der Waals surface area contributed by atoms with Crippen LogP contribution in [0.3, 0.4) is 0 Å². The Morgan fingerprint density at radius 3 is 2.24 bits per heavy atom. The van der Waals surface area contributed by atoms with E-state index in [1.165, 1.54) is 0 Å². The van der Waals surface area contributed by atoms with Crippen molar-refractivity contribution >= 4 is 0 Å². The zero-order chi connectivity index (χ0) is 23.9. The number of piperidine rings is 1. The predicted molar refractivity (Wildman–Crippen MR) is 112 cm³/mol. The Morgan fingerprint density at radius 1 is 0.939 bits per heavy atom. The lowest BCUT2D eigenvalue weighted by Gasteiger charge is -2.69. The molecule has 1 spiro atoms. The number of likely N-dealkylation sites (tertiary alicyclic amines) is 1. The minimum absolute atomic E-state index is 0.0163. The minimum Gasteiger partial charge on any atom is -0.392 e. The van der Waals surface area contributed by atoms with E-state index >= 15 is 0 Å². The van der Waals surface area contributed by atoms with E-state index in [2.05, 4.69) is 4.90 Å². The van der Waals surface area contributed by atoms with Crippen molar-refractivity contribution in [1.29, 1.82) is 0 Å². The van der Waals surface area contributed by atoms with Crippen LogP contribution in [0.4, 0.5) is 0 Å². The van der Waals surface area contributed by atoms with Crippen molar-refractivity contribution in [3.8, 4) is 0 Å². The van der Waals surface area contributed by atoms with Gasteiger partial charge < -0.3 is 49.7 Å². The first-order valence-corrected chi connectivity index (χ1v) is 11.9. The van der Waals surface area contributed by atoms with Gasteiger partial charge in [0.05, 0.1) is 31.0 Å². The van der Waals surface area contributed by atoms with Gasteiger partial charge in [-0.3, -0.25) is 0 Å². The Labute approximate surface area is 193 Å². The van der Waals surface area contributed by atoms with Crippen molar-refractivity contribution < 1.29 is 44.8 Å². The third-order valence-electron chi connectivity index (χ3n) is 11.2. The molecule has 10 heteroatoms. The number of ether oxygens (including phenoxy) is 3. The molecule has 6 fully saturated rings. The monoisotopic (exact) mass is 471 g/mol. The largest absolute Gasteiger partial charge is 0.392 e. The molecule has 10 nitrogen and oxygen atoms in total. The van der Waals surface area contributed by atoms with Gasteiger partial charge in [0.15, 0.2) is 0 Å². The lowest BCUT2D eigenvalue weighted by Crippen LogP contribution is -2.80. The van der Waals surface area contributed by atoms with E-state index in [1.54, 1.807) is 21.3 Å². The van der Waals surface area contributed by atoms with Crippen LogP contribution in [0.25, 0.3) is 0 Å². The van der Waals surface area contributed by atoms with Crippen molar-refractivity contribution in [2.75, 3.05) is 41.5 Å². The van der Waals surface area contributed by atoms with Crippen LogP contribution in [0.15, 0.2) is 0 Å². The van der Waals surface area contributed by atoms with Gasteiger partial charge in [0.2, 0.25) is 0 Å². The van der Waals surface area contributed by atoms with E-state index in [0.29, 0.717) is 13.0 Å². The molecule has 6 aliphatic rings. The van der Waals surface area contributed by atoms with Gasteiger partial charge >= 0.3 is 0 Å². The molecular weight excluding hydrogens is 434 g/mol. The number of methoxy groups -OCH3 is 3. The number of aliphatic hydroxyl groups is 6. The number of nitrogens with zero attached hydrogens (tertiary/aromatic N) is 1. The Bertz CT molecular complexity index is 847. The first-order chi connectivity index (χ1) is 15.5. The van der Waals surface area contributed by atoms with Gasteiger partial charge in [-0.1, -0.05) is 0 Å². The Balaban J connectivity index is 1.68. The third kappa shape index (κ3) is 2.07. The van der Waals surface area contributed by atoms with Crippen molar-refractivity contribution in [1.82, 2.24) is 4.90 Å². The van der Waals surface area contributed by atoms with Gasteiger partial charge in [0.25, 0.3) is 0 Å². The molecule has 1 unspecified atom stereocenters. The maximum atomic E-state index is 12.3.